The molecular formula is C24H16F2N2S. The summed E-state index contributed by atoms with van der Waals surface area (Å²) in [5.74, 6) is -2.98. The standard InChI is InChI=1S/C24H16F2N2S/c1-24(25,26)20-10-5-4-9-17(20)22-18-13-15-7-2-3-8-16(15)14-19(18)23(28-27-22)21-11-6-12-29-21/h2-14H,1H3. The van der Waals surface area contributed by atoms with Crippen molar-refractivity contribution in [3.63, 3.8) is 0 Å². The fraction of sp³-hybridized carbons (Fsp3) is 0.0833. The molecule has 0 radical (unpaired) electrons. The molecule has 0 bridgehead atoms. The van der Waals surface area contributed by atoms with Crippen molar-refractivity contribution in [1.82, 2.24) is 10.2 Å². The van der Waals surface area contributed by atoms with Crippen molar-refractivity contribution in [2.45, 2.75) is 12.8 Å². The Labute approximate surface area is 170 Å². The first-order valence-corrected chi connectivity index (χ1v) is 10.1. The summed E-state index contributed by atoms with van der Waals surface area (Å²) in [6.45, 7) is 0.914. The van der Waals surface area contributed by atoms with Gasteiger partial charge >= 0.3 is 0 Å². The van der Waals surface area contributed by atoms with Gasteiger partial charge < -0.3 is 0 Å². The largest absolute Gasteiger partial charge is 0.271 e. The second-order valence-electron chi connectivity index (χ2n) is 7.05. The van der Waals surface area contributed by atoms with Crippen molar-refractivity contribution in [3.05, 3.63) is 83.7 Å². The highest BCUT2D eigenvalue weighted by atomic mass is 32.1. The first kappa shape index (κ1) is 17.9. The molecule has 0 aliphatic carbocycles. The quantitative estimate of drug-likeness (QED) is 0.296. The highest BCUT2D eigenvalue weighted by Crippen LogP contribution is 2.40. The molecule has 3 aromatic carbocycles. The molecule has 0 N–H and O–H groups in total. The lowest BCUT2D eigenvalue weighted by molar-refractivity contribution is 0.0181. The number of hydrogen-bond acceptors (Lipinski definition) is 3. The SMILES string of the molecule is CC(F)(F)c1ccccc1-c1nnc(-c2cccs2)c2cc3ccccc3cc12. The maximum Gasteiger partial charge on any atom is 0.271 e. The summed E-state index contributed by atoms with van der Waals surface area (Å²) in [5.41, 5.74) is 1.60. The first-order valence-electron chi connectivity index (χ1n) is 9.23. The molecule has 5 rings (SSSR count). The van der Waals surface area contributed by atoms with Gasteiger partial charge in [-0.25, -0.2) is 8.78 Å². The third-order valence-electron chi connectivity index (χ3n) is 5.06. The molecule has 2 heterocycles. The molecule has 0 aliphatic rings. The van der Waals surface area contributed by atoms with Gasteiger partial charge in [-0.15, -0.1) is 21.5 Å². The van der Waals surface area contributed by atoms with Gasteiger partial charge in [-0.3, -0.25) is 0 Å². The van der Waals surface area contributed by atoms with E-state index in [0.717, 1.165) is 39.0 Å². The van der Waals surface area contributed by atoms with Crippen LogP contribution < -0.4 is 0 Å². The van der Waals surface area contributed by atoms with Crippen molar-refractivity contribution in [3.8, 4) is 21.8 Å². The summed E-state index contributed by atoms with van der Waals surface area (Å²) in [4.78, 5) is 0.999. The Kier molecular flexibility index (Phi) is 4.14. The van der Waals surface area contributed by atoms with E-state index < -0.39 is 5.92 Å². The van der Waals surface area contributed by atoms with E-state index in [4.69, 9.17) is 0 Å². The molecule has 2 nitrogen and oxygen atoms in total. The highest BCUT2D eigenvalue weighted by Gasteiger charge is 2.29. The number of fused-ring (bicyclic) bond motifs is 2. The normalized spacial score (nSPS) is 12.0. The Morgan fingerprint density at radius 3 is 2.03 bits per heavy atom. The van der Waals surface area contributed by atoms with Crippen LogP contribution in [0.2, 0.25) is 0 Å². The number of thiophene rings is 1. The third-order valence-corrected chi connectivity index (χ3v) is 5.93. The van der Waals surface area contributed by atoms with Crippen molar-refractivity contribution in [1.29, 1.82) is 0 Å². The molecular weight excluding hydrogens is 386 g/mol. The van der Waals surface area contributed by atoms with Gasteiger partial charge in [0, 0.05) is 28.8 Å². The number of nitrogens with zero attached hydrogens (tertiary/aromatic N) is 2. The van der Waals surface area contributed by atoms with E-state index in [1.54, 1.807) is 29.5 Å². The van der Waals surface area contributed by atoms with Gasteiger partial charge in [-0.2, -0.15) is 0 Å². The molecule has 0 fully saturated rings. The Hall–Kier alpha value is -3.18. The van der Waals surface area contributed by atoms with Crippen molar-refractivity contribution in [2.75, 3.05) is 0 Å². The van der Waals surface area contributed by atoms with Crippen molar-refractivity contribution >= 4 is 32.9 Å². The van der Waals surface area contributed by atoms with Gasteiger partial charge in [0.2, 0.25) is 0 Å². The van der Waals surface area contributed by atoms with Crippen molar-refractivity contribution in [2.24, 2.45) is 0 Å². The zero-order valence-electron chi connectivity index (χ0n) is 15.6. The lowest BCUT2D eigenvalue weighted by Gasteiger charge is -2.17. The van der Waals surface area contributed by atoms with Crippen LogP contribution in [0.5, 0.6) is 0 Å². The van der Waals surface area contributed by atoms with E-state index >= 15 is 0 Å². The molecule has 5 aromatic rings. The van der Waals surface area contributed by atoms with Gasteiger partial charge in [-0.05, 0) is 34.4 Å². The Morgan fingerprint density at radius 2 is 1.38 bits per heavy atom. The fourth-order valence-electron chi connectivity index (χ4n) is 3.71. The van der Waals surface area contributed by atoms with E-state index in [2.05, 4.69) is 16.3 Å². The number of hydrogen-bond donors (Lipinski definition) is 0. The van der Waals surface area contributed by atoms with Crippen molar-refractivity contribution < 1.29 is 8.78 Å². The monoisotopic (exact) mass is 402 g/mol. The maximum atomic E-state index is 14.3. The van der Waals surface area contributed by atoms with Gasteiger partial charge in [0.25, 0.3) is 5.92 Å². The van der Waals surface area contributed by atoms with E-state index in [1.807, 2.05) is 47.8 Å². The first-order chi connectivity index (χ1) is 14.0. The molecule has 5 heteroatoms. The van der Waals surface area contributed by atoms with Crippen LogP contribution in [0.3, 0.4) is 0 Å². The predicted molar refractivity (Wildman–Crippen MR) is 115 cm³/mol. The van der Waals surface area contributed by atoms with Crippen LogP contribution in [0, 0.1) is 0 Å². The van der Waals surface area contributed by atoms with E-state index in [1.165, 1.54) is 6.07 Å². The third kappa shape index (κ3) is 3.08. The summed E-state index contributed by atoms with van der Waals surface area (Å²) in [7, 11) is 0. The fourth-order valence-corrected chi connectivity index (χ4v) is 4.43. The molecule has 0 unspecified atom stereocenters. The number of aromatic nitrogens is 2. The van der Waals surface area contributed by atoms with Gasteiger partial charge in [0.15, 0.2) is 0 Å². The van der Waals surface area contributed by atoms with Crippen LogP contribution in [0.15, 0.2) is 78.2 Å². The Morgan fingerprint density at radius 1 is 0.759 bits per heavy atom. The van der Waals surface area contributed by atoms with Gasteiger partial charge in [-0.1, -0.05) is 54.6 Å². The van der Waals surface area contributed by atoms with Crippen LogP contribution in [0.25, 0.3) is 43.4 Å². The maximum absolute atomic E-state index is 14.3. The predicted octanol–water partition coefficient (Wildman–Crippen LogP) is 7.29. The molecule has 0 amide bonds. The van der Waals surface area contributed by atoms with Gasteiger partial charge in [0.05, 0.1) is 4.88 Å². The summed E-state index contributed by atoms with van der Waals surface area (Å²) in [6, 6.07) is 22.6. The Balaban J connectivity index is 1.89. The zero-order valence-corrected chi connectivity index (χ0v) is 16.4. The molecule has 0 atom stereocenters. The minimum Gasteiger partial charge on any atom is -0.202 e. The highest BCUT2D eigenvalue weighted by molar-refractivity contribution is 7.13. The summed E-state index contributed by atoms with van der Waals surface area (Å²) >= 11 is 1.58. The lowest BCUT2D eigenvalue weighted by Crippen LogP contribution is -2.09. The molecule has 0 spiro atoms. The average Bonchev–Trinajstić information content (AvgIpc) is 3.25. The number of halogens is 2. The zero-order chi connectivity index (χ0) is 20.0. The minimum atomic E-state index is -2.98. The van der Waals surface area contributed by atoms with Crippen LogP contribution >= 0.6 is 11.3 Å². The summed E-state index contributed by atoms with van der Waals surface area (Å²) in [6.07, 6.45) is 0. The smallest absolute Gasteiger partial charge is 0.202 e. The molecule has 2 aromatic heterocycles. The molecule has 0 saturated heterocycles. The number of alkyl halides is 2. The van der Waals surface area contributed by atoms with Crippen LogP contribution in [-0.4, -0.2) is 10.2 Å². The molecule has 142 valence electrons. The van der Waals surface area contributed by atoms with E-state index in [9.17, 15) is 8.78 Å². The summed E-state index contributed by atoms with van der Waals surface area (Å²) in [5, 5.41) is 14.7. The number of benzene rings is 3. The summed E-state index contributed by atoms with van der Waals surface area (Å²) < 4.78 is 28.6. The molecule has 29 heavy (non-hydrogen) atoms. The Bertz CT molecular complexity index is 1340. The van der Waals surface area contributed by atoms with Gasteiger partial charge in [0.1, 0.15) is 11.4 Å². The van der Waals surface area contributed by atoms with Crippen LogP contribution in [-0.2, 0) is 5.92 Å². The van der Waals surface area contributed by atoms with E-state index in [0.29, 0.717) is 11.3 Å². The molecule has 0 saturated carbocycles. The second kappa shape index (κ2) is 6.71. The van der Waals surface area contributed by atoms with Crippen LogP contribution in [0.1, 0.15) is 12.5 Å². The topological polar surface area (TPSA) is 25.8 Å². The molecule has 0 aliphatic heterocycles. The average molecular weight is 402 g/mol. The van der Waals surface area contributed by atoms with Crippen LogP contribution in [0.4, 0.5) is 8.78 Å². The minimum absolute atomic E-state index is 0.0485. The second-order valence-corrected chi connectivity index (χ2v) is 8.00. The lowest BCUT2D eigenvalue weighted by atomic mass is 9.94. The number of rotatable bonds is 3. The van der Waals surface area contributed by atoms with E-state index in [-0.39, 0.29) is 5.56 Å².